The first-order valence-corrected chi connectivity index (χ1v) is 8.42. The van der Waals surface area contributed by atoms with Crippen molar-refractivity contribution >= 4 is 17.3 Å². The molecule has 1 aromatic heterocycles. The van der Waals surface area contributed by atoms with Crippen molar-refractivity contribution in [3.05, 3.63) is 65.2 Å². The van der Waals surface area contributed by atoms with Gasteiger partial charge in [-0.1, -0.05) is 41.9 Å². The number of hydrogen-bond acceptors (Lipinski definition) is 7. The Morgan fingerprint density at radius 2 is 1.59 bits per heavy atom. The topological polar surface area (TPSA) is 78.2 Å². The van der Waals surface area contributed by atoms with Crippen molar-refractivity contribution in [2.75, 3.05) is 14.2 Å². The predicted octanol–water partition coefficient (Wildman–Crippen LogP) is 5.22. The molecule has 0 radical (unpaired) electrons. The number of para-hydroxylation sites is 1. The van der Waals surface area contributed by atoms with Crippen molar-refractivity contribution in [3.63, 3.8) is 0 Å². The average Bonchev–Trinajstić information content (AvgIpc) is 2.70. The minimum Gasteiger partial charge on any atom is -0.481 e. The third kappa shape index (κ3) is 4.92. The van der Waals surface area contributed by atoms with Crippen LogP contribution < -0.4 is 14.2 Å². The lowest BCUT2D eigenvalue weighted by Crippen LogP contribution is -1.99. The van der Waals surface area contributed by atoms with Crippen molar-refractivity contribution in [2.24, 2.45) is 10.2 Å². The molecule has 3 rings (SSSR count). The van der Waals surface area contributed by atoms with Gasteiger partial charge < -0.3 is 14.2 Å². The van der Waals surface area contributed by atoms with Gasteiger partial charge in [-0.15, -0.1) is 0 Å². The minimum absolute atomic E-state index is 0.113. The molecule has 0 bridgehead atoms. The highest BCUT2D eigenvalue weighted by Gasteiger charge is 2.10. The van der Waals surface area contributed by atoms with E-state index < -0.39 is 0 Å². The Hall–Kier alpha value is -3.19. The van der Waals surface area contributed by atoms with Crippen LogP contribution >= 0.6 is 11.6 Å². The summed E-state index contributed by atoms with van der Waals surface area (Å²) in [5.74, 6) is 1.24. The summed E-state index contributed by atoms with van der Waals surface area (Å²) in [5.41, 5.74) is 1.43. The lowest BCUT2D eigenvalue weighted by molar-refractivity contribution is 0.347. The molecule has 0 amide bonds. The summed E-state index contributed by atoms with van der Waals surface area (Å²) in [6.07, 6.45) is 0. The van der Waals surface area contributed by atoms with Gasteiger partial charge in [-0.05, 0) is 18.2 Å². The van der Waals surface area contributed by atoms with Crippen molar-refractivity contribution in [2.45, 2.75) is 6.54 Å². The molecule has 27 heavy (non-hydrogen) atoms. The number of azo groups is 1. The summed E-state index contributed by atoms with van der Waals surface area (Å²) in [5, 5.41) is 8.93. The normalized spacial score (nSPS) is 10.8. The lowest BCUT2D eigenvalue weighted by Gasteiger charge is -2.10. The van der Waals surface area contributed by atoms with Crippen LogP contribution in [0.25, 0.3) is 0 Å². The Bertz CT molecular complexity index is 927. The van der Waals surface area contributed by atoms with Gasteiger partial charge in [0.2, 0.25) is 11.8 Å². The molecule has 138 valence electrons. The summed E-state index contributed by atoms with van der Waals surface area (Å²) >= 11 is 6.08. The molecule has 0 N–H and O–H groups in total. The van der Waals surface area contributed by atoms with Crippen LogP contribution in [-0.4, -0.2) is 24.2 Å². The van der Waals surface area contributed by atoms with Crippen LogP contribution in [0.1, 0.15) is 5.56 Å². The Balaban J connectivity index is 1.79. The Morgan fingerprint density at radius 3 is 2.30 bits per heavy atom. The smallest absolute Gasteiger partial charge is 0.328 e. The molecular formula is C19H17ClN4O3. The van der Waals surface area contributed by atoms with Gasteiger partial charge in [-0.3, -0.25) is 0 Å². The van der Waals surface area contributed by atoms with Crippen molar-refractivity contribution < 1.29 is 14.2 Å². The highest BCUT2D eigenvalue weighted by atomic mass is 35.5. The van der Waals surface area contributed by atoms with E-state index in [0.717, 1.165) is 5.56 Å². The molecule has 1 heterocycles. The maximum absolute atomic E-state index is 6.08. The monoisotopic (exact) mass is 384 g/mol. The molecule has 8 heteroatoms. The molecule has 0 aliphatic heterocycles. The van der Waals surface area contributed by atoms with E-state index in [0.29, 0.717) is 34.8 Å². The number of ether oxygens (including phenoxy) is 3. The molecule has 0 spiro atoms. The first-order valence-electron chi connectivity index (χ1n) is 8.04. The van der Waals surface area contributed by atoms with Crippen LogP contribution in [0, 0.1) is 0 Å². The second-order valence-electron chi connectivity index (χ2n) is 5.30. The highest BCUT2D eigenvalue weighted by molar-refractivity contribution is 6.32. The van der Waals surface area contributed by atoms with E-state index in [2.05, 4.69) is 20.2 Å². The third-order valence-corrected chi connectivity index (χ3v) is 3.84. The minimum atomic E-state index is 0.113. The quantitative estimate of drug-likeness (QED) is 0.521. The highest BCUT2D eigenvalue weighted by Crippen LogP contribution is 2.28. The summed E-state index contributed by atoms with van der Waals surface area (Å²) in [7, 11) is 3.02. The number of halogens is 1. The zero-order chi connectivity index (χ0) is 19.1. The summed E-state index contributed by atoms with van der Waals surface area (Å²) in [6.45, 7) is 0.308. The lowest BCUT2D eigenvalue weighted by atomic mass is 10.2. The standard InChI is InChI=1S/C19H17ClN4O3/c1-25-17-11-18(26-2)23-19(22-17)27-16-10-6-3-7-13(16)12-21-24-15-9-5-4-8-14(15)20/h3-11H,12H2,1-2H3. The van der Waals surface area contributed by atoms with Gasteiger partial charge in [-0.25, -0.2) is 0 Å². The second-order valence-corrected chi connectivity index (χ2v) is 5.70. The predicted molar refractivity (Wildman–Crippen MR) is 101 cm³/mol. The molecule has 0 aliphatic carbocycles. The number of methoxy groups -OCH3 is 2. The zero-order valence-corrected chi connectivity index (χ0v) is 15.6. The number of hydrogen-bond donors (Lipinski definition) is 0. The fraction of sp³-hybridized carbons (Fsp3) is 0.158. The van der Waals surface area contributed by atoms with Gasteiger partial charge in [0.25, 0.3) is 0 Å². The maximum Gasteiger partial charge on any atom is 0.328 e. The van der Waals surface area contributed by atoms with E-state index in [9.17, 15) is 0 Å². The van der Waals surface area contributed by atoms with Crippen LogP contribution in [0.5, 0.6) is 23.5 Å². The molecule has 0 unspecified atom stereocenters. The van der Waals surface area contributed by atoms with Gasteiger partial charge in [0.1, 0.15) is 11.4 Å². The van der Waals surface area contributed by atoms with E-state index in [1.165, 1.54) is 14.2 Å². The molecule has 0 saturated carbocycles. The molecule has 3 aromatic rings. The van der Waals surface area contributed by atoms with E-state index in [1.807, 2.05) is 30.3 Å². The van der Waals surface area contributed by atoms with Gasteiger partial charge in [-0.2, -0.15) is 20.2 Å². The van der Waals surface area contributed by atoms with E-state index in [-0.39, 0.29) is 6.01 Å². The van der Waals surface area contributed by atoms with Crippen molar-refractivity contribution in [3.8, 4) is 23.5 Å². The summed E-state index contributed by atoms with van der Waals surface area (Å²) in [4.78, 5) is 8.34. The van der Waals surface area contributed by atoms with Gasteiger partial charge in [0, 0.05) is 5.56 Å². The van der Waals surface area contributed by atoms with Crippen LogP contribution in [0.4, 0.5) is 5.69 Å². The van der Waals surface area contributed by atoms with Gasteiger partial charge in [0.15, 0.2) is 0 Å². The molecular weight excluding hydrogens is 368 g/mol. The Labute approximate surface area is 161 Å². The van der Waals surface area contributed by atoms with Crippen LogP contribution in [0.2, 0.25) is 5.02 Å². The second kappa shape index (κ2) is 8.95. The first-order chi connectivity index (χ1) is 13.2. The van der Waals surface area contributed by atoms with Gasteiger partial charge in [0.05, 0.1) is 31.9 Å². The number of benzene rings is 2. The molecule has 7 nitrogen and oxygen atoms in total. The molecule has 0 fully saturated rings. The van der Waals surface area contributed by atoms with Crippen molar-refractivity contribution in [1.29, 1.82) is 0 Å². The zero-order valence-electron chi connectivity index (χ0n) is 14.8. The van der Waals surface area contributed by atoms with E-state index in [4.69, 9.17) is 25.8 Å². The Morgan fingerprint density at radius 1 is 0.926 bits per heavy atom. The molecule has 0 aliphatic rings. The summed E-state index contributed by atoms with van der Waals surface area (Å²) < 4.78 is 16.1. The third-order valence-electron chi connectivity index (χ3n) is 3.52. The first kappa shape index (κ1) is 18.6. The fourth-order valence-electron chi connectivity index (χ4n) is 2.19. The Kier molecular flexibility index (Phi) is 6.17. The van der Waals surface area contributed by atoms with E-state index in [1.54, 1.807) is 24.3 Å². The summed E-state index contributed by atoms with van der Waals surface area (Å²) in [6, 6.07) is 16.4. The largest absolute Gasteiger partial charge is 0.481 e. The van der Waals surface area contributed by atoms with Crippen molar-refractivity contribution in [1.82, 2.24) is 9.97 Å². The number of rotatable bonds is 7. The number of nitrogens with zero attached hydrogens (tertiary/aromatic N) is 4. The SMILES string of the molecule is COc1cc(OC)nc(Oc2ccccc2CN=Nc2ccccc2Cl)n1. The maximum atomic E-state index is 6.08. The van der Waals surface area contributed by atoms with Crippen LogP contribution in [0.15, 0.2) is 64.8 Å². The molecule has 2 aromatic carbocycles. The number of aromatic nitrogens is 2. The molecule has 0 atom stereocenters. The van der Waals surface area contributed by atoms with Gasteiger partial charge >= 0.3 is 6.01 Å². The van der Waals surface area contributed by atoms with Crippen LogP contribution in [-0.2, 0) is 6.54 Å². The van der Waals surface area contributed by atoms with Crippen LogP contribution in [0.3, 0.4) is 0 Å². The average molecular weight is 385 g/mol. The molecule has 0 saturated heterocycles. The fourth-order valence-corrected chi connectivity index (χ4v) is 2.36. The van der Waals surface area contributed by atoms with E-state index >= 15 is 0 Å².